The van der Waals surface area contributed by atoms with E-state index in [4.69, 9.17) is 4.74 Å². The quantitative estimate of drug-likeness (QED) is 0.768. The standard InChI is InChI=1S/C20H24N4O2/c1-23-12-14(16-5-3-4-6-17(16)23)7-8-19(25)24-13-15(26-2)11-18(24)20-21-9-10-22-20/h3-6,9-10,12,15,18H,7-8,11,13H2,1-2H3,(H,21,22)/t15-,18?/m1/s1. The van der Waals surface area contributed by atoms with Gasteiger partial charge in [0.25, 0.3) is 0 Å². The van der Waals surface area contributed by atoms with Crippen LogP contribution in [0, 0.1) is 0 Å². The minimum absolute atomic E-state index is 0.0324. The number of carbonyl (C=O) groups is 1. The number of aryl methyl sites for hydroxylation is 2. The summed E-state index contributed by atoms with van der Waals surface area (Å²) in [7, 11) is 3.75. The van der Waals surface area contributed by atoms with Crippen LogP contribution in [0.2, 0.25) is 0 Å². The molecule has 4 rings (SSSR count). The van der Waals surface area contributed by atoms with Crippen molar-refractivity contribution < 1.29 is 9.53 Å². The van der Waals surface area contributed by atoms with E-state index in [0.717, 1.165) is 18.7 Å². The Labute approximate surface area is 152 Å². The number of ether oxygens (including phenoxy) is 1. The maximum Gasteiger partial charge on any atom is 0.223 e. The van der Waals surface area contributed by atoms with Crippen LogP contribution in [-0.2, 0) is 23.0 Å². The number of benzene rings is 1. The number of nitrogens with zero attached hydrogens (tertiary/aromatic N) is 3. The van der Waals surface area contributed by atoms with Gasteiger partial charge >= 0.3 is 0 Å². The van der Waals surface area contributed by atoms with E-state index in [0.29, 0.717) is 13.0 Å². The molecule has 3 heterocycles. The first-order valence-corrected chi connectivity index (χ1v) is 9.02. The molecule has 1 saturated heterocycles. The Balaban J connectivity index is 1.50. The first kappa shape index (κ1) is 16.8. The van der Waals surface area contributed by atoms with Crippen LogP contribution in [0.1, 0.15) is 30.3 Å². The number of likely N-dealkylation sites (tertiary alicyclic amines) is 1. The van der Waals surface area contributed by atoms with Gasteiger partial charge in [-0.3, -0.25) is 4.79 Å². The average molecular weight is 352 g/mol. The van der Waals surface area contributed by atoms with Crippen LogP contribution in [0.15, 0.2) is 42.9 Å². The summed E-state index contributed by atoms with van der Waals surface area (Å²) in [6.07, 6.45) is 7.73. The summed E-state index contributed by atoms with van der Waals surface area (Å²) in [6, 6.07) is 8.29. The van der Waals surface area contributed by atoms with E-state index in [9.17, 15) is 4.79 Å². The molecule has 0 spiro atoms. The van der Waals surface area contributed by atoms with Gasteiger partial charge < -0.3 is 19.2 Å². The van der Waals surface area contributed by atoms with Crippen molar-refractivity contribution in [1.82, 2.24) is 19.4 Å². The van der Waals surface area contributed by atoms with Gasteiger partial charge in [-0.15, -0.1) is 0 Å². The first-order valence-electron chi connectivity index (χ1n) is 9.02. The van der Waals surface area contributed by atoms with Crippen LogP contribution >= 0.6 is 0 Å². The summed E-state index contributed by atoms with van der Waals surface area (Å²) >= 11 is 0. The maximum atomic E-state index is 13.0. The molecule has 1 amide bonds. The predicted molar refractivity (Wildman–Crippen MR) is 99.7 cm³/mol. The second kappa shape index (κ2) is 6.96. The highest BCUT2D eigenvalue weighted by Gasteiger charge is 2.37. The lowest BCUT2D eigenvalue weighted by molar-refractivity contribution is -0.132. The summed E-state index contributed by atoms with van der Waals surface area (Å²) in [6.45, 7) is 0.621. The van der Waals surface area contributed by atoms with Crippen LogP contribution in [-0.4, -0.2) is 45.1 Å². The molecule has 6 heteroatoms. The third-order valence-corrected chi connectivity index (χ3v) is 5.34. The minimum atomic E-state index is -0.0324. The molecule has 0 radical (unpaired) electrons. The SMILES string of the molecule is CO[C@@H]1CC(c2ncc[nH]2)N(C(=O)CCc2cn(C)c3ccccc23)C1. The molecular formula is C20H24N4O2. The van der Waals surface area contributed by atoms with Crippen molar-refractivity contribution in [2.75, 3.05) is 13.7 Å². The van der Waals surface area contributed by atoms with Crippen LogP contribution in [0.25, 0.3) is 10.9 Å². The molecule has 136 valence electrons. The highest BCUT2D eigenvalue weighted by atomic mass is 16.5. The van der Waals surface area contributed by atoms with Gasteiger partial charge in [0, 0.05) is 63.0 Å². The second-order valence-corrected chi connectivity index (χ2v) is 6.91. The predicted octanol–water partition coefficient (Wildman–Crippen LogP) is 2.82. The number of carbonyl (C=O) groups excluding carboxylic acids is 1. The largest absolute Gasteiger partial charge is 0.380 e. The van der Waals surface area contributed by atoms with Crippen molar-refractivity contribution >= 4 is 16.8 Å². The highest BCUT2D eigenvalue weighted by Crippen LogP contribution is 2.32. The zero-order chi connectivity index (χ0) is 18.1. The van der Waals surface area contributed by atoms with Crippen molar-refractivity contribution in [3.63, 3.8) is 0 Å². The lowest BCUT2D eigenvalue weighted by Gasteiger charge is -2.23. The lowest BCUT2D eigenvalue weighted by Crippen LogP contribution is -2.32. The smallest absolute Gasteiger partial charge is 0.223 e. The number of rotatable bonds is 5. The number of H-pyrrole nitrogens is 1. The number of aromatic amines is 1. The molecule has 2 atom stereocenters. The van der Waals surface area contributed by atoms with Crippen LogP contribution < -0.4 is 0 Å². The number of fused-ring (bicyclic) bond motifs is 1. The summed E-state index contributed by atoms with van der Waals surface area (Å²) in [5.41, 5.74) is 2.41. The Hall–Kier alpha value is -2.60. The molecule has 0 aliphatic carbocycles. The van der Waals surface area contributed by atoms with Gasteiger partial charge in [0.05, 0.1) is 12.1 Å². The third-order valence-electron chi connectivity index (χ3n) is 5.34. The number of hydrogen-bond donors (Lipinski definition) is 1. The molecule has 6 nitrogen and oxygen atoms in total. The van der Waals surface area contributed by atoms with Crippen molar-refractivity contribution in [3.8, 4) is 0 Å². The summed E-state index contributed by atoms with van der Waals surface area (Å²) in [4.78, 5) is 22.4. The monoisotopic (exact) mass is 352 g/mol. The van der Waals surface area contributed by atoms with Gasteiger partial charge in [0.15, 0.2) is 0 Å². The fourth-order valence-electron chi connectivity index (χ4n) is 3.97. The molecule has 3 aromatic rings. The van der Waals surface area contributed by atoms with Crippen molar-refractivity contribution in [1.29, 1.82) is 0 Å². The maximum absolute atomic E-state index is 13.0. The normalized spacial score (nSPS) is 20.2. The van der Waals surface area contributed by atoms with Crippen molar-refractivity contribution in [2.24, 2.45) is 7.05 Å². The van der Waals surface area contributed by atoms with E-state index in [2.05, 4.69) is 32.9 Å². The number of methoxy groups -OCH3 is 1. The molecule has 1 aliphatic rings. The number of imidazole rings is 1. The van der Waals surface area contributed by atoms with E-state index in [1.54, 1.807) is 19.5 Å². The second-order valence-electron chi connectivity index (χ2n) is 6.91. The molecular weight excluding hydrogens is 328 g/mol. The molecule has 1 aliphatic heterocycles. The van der Waals surface area contributed by atoms with Crippen molar-refractivity contribution in [3.05, 3.63) is 54.2 Å². The zero-order valence-electron chi connectivity index (χ0n) is 15.2. The van der Waals surface area contributed by atoms with E-state index < -0.39 is 0 Å². The number of nitrogens with one attached hydrogen (secondary N) is 1. The van der Waals surface area contributed by atoms with Gasteiger partial charge in [-0.2, -0.15) is 0 Å². The van der Waals surface area contributed by atoms with Crippen molar-refractivity contribution in [2.45, 2.75) is 31.4 Å². The topological polar surface area (TPSA) is 63.1 Å². The third kappa shape index (κ3) is 3.01. The number of hydrogen-bond acceptors (Lipinski definition) is 3. The number of para-hydroxylation sites is 1. The minimum Gasteiger partial charge on any atom is -0.380 e. The zero-order valence-corrected chi connectivity index (χ0v) is 15.2. The van der Waals surface area contributed by atoms with Crippen LogP contribution in [0.4, 0.5) is 0 Å². The van der Waals surface area contributed by atoms with Crippen LogP contribution in [0.5, 0.6) is 0 Å². The first-order chi connectivity index (χ1) is 12.7. The van der Waals surface area contributed by atoms with Gasteiger partial charge in [-0.1, -0.05) is 18.2 Å². The number of aromatic nitrogens is 3. The Kier molecular flexibility index (Phi) is 4.51. The Morgan fingerprint density at radius 1 is 1.38 bits per heavy atom. The fraction of sp³-hybridized carbons (Fsp3) is 0.400. The van der Waals surface area contributed by atoms with Gasteiger partial charge in [-0.05, 0) is 18.1 Å². The molecule has 1 aromatic carbocycles. The summed E-state index contributed by atoms with van der Waals surface area (Å²) in [5, 5.41) is 1.22. The molecule has 1 fully saturated rings. The van der Waals surface area contributed by atoms with Crippen LogP contribution in [0.3, 0.4) is 0 Å². The molecule has 0 bridgehead atoms. The Morgan fingerprint density at radius 3 is 3.00 bits per heavy atom. The van der Waals surface area contributed by atoms with Gasteiger partial charge in [0.1, 0.15) is 5.82 Å². The average Bonchev–Trinajstić information content (AvgIpc) is 3.39. The van der Waals surface area contributed by atoms with Gasteiger partial charge in [-0.25, -0.2) is 4.98 Å². The van der Waals surface area contributed by atoms with E-state index in [-0.39, 0.29) is 18.1 Å². The lowest BCUT2D eigenvalue weighted by atomic mass is 10.1. The summed E-state index contributed by atoms with van der Waals surface area (Å²) in [5.74, 6) is 0.988. The summed E-state index contributed by atoms with van der Waals surface area (Å²) < 4.78 is 7.63. The highest BCUT2D eigenvalue weighted by molar-refractivity contribution is 5.85. The molecule has 0 saturated carbocycles. The molecule has 1 N–H and O–H groups in total. The van der Waals surface area contributed by atoms with E-state index >= 15 is 0 Å². The van der Waals surface area contributed by atoms with Gasteiger partial charge in [0.2, 0.25) is 5.91 Å². The Morgan fingerprint density at radius 2 is 2.23 bits per heavy atom. The fourth-order valence-corrected chi connectivity index (χ4v) is 3.97. The van der Waals surface area contributed by atoms with E-state index in [1.165, 1.54) is 16.5 Å². The molecule has 2 aromatic heterocycles. The number of amides is 1. The van der Waals surface area contributed by atoms with E-state index in [1.807, 2.05) is 24.1 Å². The Bertz CT molecular complexity index is 900. The molecule has 26 heavy (non-hydrogen) atoms. The molecule has 1 unspecified atom stereocenters.